The summed E-state index contributed by atoms with van der Waals surface area (Å²) in [7, 11) is 0. The standard InChI is InChI=1S/C21H23N3O4/c1-12-8-15-10-19(28-18(15)9-13(12)2)20(25)23-6-4-16(5-7-23)24-14(3)17(11-22-24)21(26)27/h8-11,16H,4-7H2,1-3H3,(H,26,27). The first kappa shape index (κ1) is 18.3. The molecule has 1 fully saturated rings. The number of furan rings is 1. The van der Waals surface area contributed by atoms with Gasteiger partial charge in [-0.25, -0.2) is 4.79 Å². The number of carboxylic acid groups (broad SMARTS) is 1. The number of hydrogen-bond acceptors (Lipinski definition) is 4. The van der Waals surface area contributed by atoms with E-state index in [-0.39, 0.29) is 17.5 Å². The monoisotopic (exact) mass is 381 g/mol. The van der Waals surface area contributed by atoms with Gasteiger partial charge in [-0.3, -0.25) is 9.48 Å². The Morgan fingerprint density at radius 1 is 1.11 bits per heavy atom. The van der Waals surface area contributed by atoms with Gasteiger partial charge < -0.3 is 14.4 Å². The van der Waals surface area contributed by atoms with Crippen LogP contribution in [0.2, 0.25) is 0 Å². The molecule has 28 heavy (non-hydrogen) atoms. The fourth-order valence-electron chi connectivity index (χ4n) is 3.88. The van der Waals surface area contributed by atoms with Crippen LogP contribution in [0.1, 0.15) is 56.6 Å². The molecule has 1 N–H and O–H groups in total. The van der Waals surface area contributed by atoms with Crippen molar-refractivity contribution < 1.29 is 19.1 Å². The van der Waals surface area contributed by atoms with Gasteiger partial charge in [0, 0.05) is 18.5 Å². The van der Waals surface area contributed by atoms with Crippen LogP contribution in [0.25, 0.3) is 11.0 Å². The Morgan fingerprint density at radius 3 is 2.43 bits per heavy atom. The molecule has 1 aromatic carbocycles. The Labute approximate surface area is 162 Å². The number of amides is 1. The lowest BCUT2D eigenvalue weighted by Gasteiger charge is -2.32. The van der Waals surface area contributed by atoms with Crippen molar-refractivity contribution in [3.05, 3.63) is 52.5 Å². The number of fused-ring (bicyclic) bond motifs is 1. The quantitative estimate of drug-likeness (QED) is 0.747. The van der Waals surface area contributed by atoms with E-state index in [1.807, 2.05) is 32.0 Å². The topological polar surface area (TPSA) is 88.6 Å². The Balaban J connectivity index is 1.48. The van der Waals surface area contributed by atoms with Crippen LogP contribution in [0.5, 0.6) is 0 Å². The molecular weight excluding hydrogens is 358 g/mol. The molecule has 0 radical (unpaired) electrons. The second kappa shape index (κ2) is 6.82. The number of likely N-dealkylation sites (tertiary alicyclic amines) is 1. The van der Waals surface area contributed by atoms with E-state index >= 15 is 0 Å². The molecular formula is C21H23N3O4. The molecule has 1 amide bonds. The van der Waals surface area contributed by atoms with E-state index in [0.717, 1.165) is 29.4 Å². The number of benzene rings is 1. The highest BCUT2D eigenvalue weighted by molar-refractivity contribution is 5.96. The number of rotatable bonds is 3. The highest BCUT2D eigenvalue weighted by Gasteiger charge is 2.28. The van der Waals surface area contributed by atoms with Gasteiger partial charge in [-0.05, 0) is 62.9 Å². The van der Waals surface area contributed by atoms with Crippen molar-refractivity contribution in [3.63, 3.8) is 0 Å². The lowest BCUT2D eigenvalue weighted by molar-refractivity contribution is 0.0659. The highest BCUT2D eigenvalue weighted by Crippen LogP contribution is 2.28. The minimum Gasteiger partial charge on any atom is -0.478 e. The number of carbonyl (C=O) groups excluding carboxylic acids is 1. The molecule has 0 bridgehead atoms. The van der Waals surface area contributed by atoms with Crippen molar-refractivity contribution in [1.29, 1.82) is 0 Å². The van der Waals surface area contributed by atoms with Gasteiger partial charge >= 0.3 is 5.97 Å². The molecule has 3 heterocycles. The second-order valence-electron chi connectivity index (χ2n) is 7.50. The Bertz CT molecular complexity index is 1030. The van der Waals surface area contributed by atoms with Gasteiger partial charge in [-0.15, -0.1) is 0 Å². The first-order chi connectivity index (χ1) is 13.3. The summed E-state index contributed by atoms with van der Waals surface area (Å²) in [6.07, 6.45) is 2.85. The van der Waals surface area contributed by atoms with Crippen molar-refractivity contribution in [1.82, 2.24) is 14.7 Å². The fourth-order valence-corrected chi connectivity index (χ4v) is 3.88. The molecule has 1 aliphatic rings. The molecule has 0 spiro atoms. The summed E-state index contributed by atoms with van der Waals surface area (Å²) in [5.74, 6) is -0.707. The van der Waals surface area contributed by atoms with Crippen LogP contribution in [0.15, 0.2) is 28.8 Å². The molecule has 146 valence electrons. The zero-order valence-electron chi connectivity index (χ0n) is 16.2. The molecule has 0 saturated carbocycles. The minimum atomic E-state index is -0.966. The third kappa shape index (κ3) is 3.06. The smallest absolute Gasteiger partial charge is 0.339 e. The van der Waals surface area contributed by atoms with Crippen LogP contribution >= 0.6 is 0 Å². The molecule has 7 heteroatoms. The molecule has 0 aliphatic carbocycles. The van der Waals surface area contributed by atoms with Crippen molar-refractivity contribution in [2.24, 2.45) is 0 Å². The molecule has 4 rings (SSSR count). The van der Waals surface area contributed by atoms with Crippen molar-refractivity contribution in [2.45, 2.75) is 39.7 Å². The van der Waals surface area contributed by atoms with E-state index in [1.165, 1.54) is 11.8 Å². The zero-order valence-corrected chi connectivity index (χ0v) is 16.2. The maximum absolute atomic E-state index is 12.9. The predicted octanol–water partition coefficient (Wildman–Crippen LogP) is 3.73. The summed E-state index contributed by atoms with van der Waals surface area (Å²) in [5.41, 5.74) is 3.92. The van der Waals surface area contributed by atoms with Crippen LogP contribution in [-0.2, 0) is 0 Å². The van der Waals surface area contributed by atoms with Gasteiger partial charge in [0.2, 0.25) is 0 Å². The summed E-state index contributed by atoms with van der Waals surface area (Å²) in [6.45, 7) is 7.00. The van der Waals surface area contributed by atoms with Gasteiger partial charge in [-0.1, -0.05) is 0 Å². The number of aromatic nitrogens is 2. The van der Waals surface area contributed by atoms with E-state index in [1.54, 1.807) is 16.5 Å². The van der Waals surface area contributed by atoms with Crippen LogP contribution < -0.4 is 0 Å². The maximum atomic E-state index is 12.9. The van der Waals surface area contributed by atoms with Crippen LogP contribution in [0.4, 0.5) is 0 Å². The van der Waals surface area contributed by atoms with Gasteiger partial charge in [0.05, 0.1) is 17.9 Å². The molecule has 1 aliphatic heterocycles. The third-order valence-electron chi connectivity index (χ3n) is 5.72. The molecule has 2 aromatic heterocycles. The van der Waals surface area contributed by atoms with Crippen LogP contribution in [0, 0.1) is 20.8 Å². The van der Waals surface area contributed by atoms with Gasteiger partial charge in [0.1, 0.15) is 11.1 Å². The average Bonchev–Trinajstić information content (AvgIpc) is 3.25. The molecule has 0 unspecified atom stereocenters. The number of piperidine rings is 1. The number of aryl methyl sites for hydroxylation is 2. The lowest BCUT2D eigenvalue weighted by atomic mass is 10.0. The van der Waals surface area contributed by atoms with Crippen molar-refractivity contribution in [2.75, 3.05) is 13.1 Å². The number of carbonyl (C=O) groups is 2. The SMILES string of the molecule is Cc1cc2cc(C(=O)N3CCC(n4ncc(C(=O)O)c4C)CC3)oc2cc1C. The van der Waals surface area contributed by atoms with Gasteiger partial charge in [0.25, 0.3) is 5.91 Å². The first-order valence-corrected chi connectivity index (χ1v) is 9.42. The lowest BCUT2D eigenvalue weighted by Crippen LogP contribution is -2.39. The molecule has 7 nitrogen and oxygen atoms in total. The second-order valence-corrected chi connectivity index (χ2v) is 7.50. The van der Waals surface area contributed by atoms with Crippen molar-refractivity contribution in [3.8, 4) is 0 Å². The summed E-state index contributed by atoms with van der Waals surface area (Å²) in [6, 6.07) is 5.91. The Kier molecular flexibility index (Phi) is 4.45. The summed E-state index contributed by atoms with van der Waals surface area (Å²) in [5, 5.41) is 14.4. The van der Waals surface area contributed by atoms with E-state index in [0.29, 0.717) is 24.5 Å². The zero-order chi connectivity index (χ0) is 20.0. The van der Waals surface area contributed by atoms with Crippen molar-refractivity contribution >= 4 is 22.8 Å². The fraction of sp³-hybridized carbons (Fsp3) is 0.381. The highest BCUT2D eigenvalue weighted by atomic mass is 16.4. The van der Waals surface area contributed by atoms with Crippen LogP contribution in [-0.4, -0.2) is 44.8 Å². The predicted molar refractivity (Wildman–Crippen MR) is 104 cm³/mol. The van der Waals surface area contributed by atoms with Gasteiger partial charge in [0.15, 0.2) is 5.76 Å². The van der Waals surface area contributed by atoms with E-state index in [4.69, 9.17) is 4.42 Å². The van der Waals surface area contributed by atoms with E-state index in [2.05, 4.69) is 5.10 Å². The Morgan fingerprint density at radius 2 is 1.79 bits per heavy atom. The first-order valence-electron chi connectivity index (χ1n) is 9.42. The number of aromatic carboxylic acids is 1. The molecule has 0 atom stereocenters. The third-order valence-corrected chi connectivity index (χ3v) is 5.72. The summed E-state index contributed by atoms with van der Waals surface area (Å²) < 4.78 is 7.58. The van der Waals surface area contributed by atoms with E-state index in [9.17, 15) is 14.7 Å². The average molecular weight is 381 g/mol. The maximum Gasteiger partial charge on any atom is 0.339 e. The molecule has 1 saturated heterocycles. The number of nitrogens with zero attached hydrogens (tertiary/aromatic N) is 3. The van der Waals surface area contributed by atoms with Gasteiger partial charge in [-0.2, -0.15) is 5.10 Å². The van der Waals surface area contributed by atoms with E-state index < -0.39 is 5.97 Å². The number of carboxylic acids is 1. The summed E-state index contributed by atoms with van der Waals surface area (Å²) in [4.78, 5) is 25.9. The molecule has 3 aromatic rings. The normalized spacial score (nSPS) is 15.3. The Hall–Kier alpha value is -3.09. The van der Waals surface area contributed by atoms with Crippen LogP contribution in [0.3, 0.4) is 0 Å². The summed E-state index contributed by atoms with van der Waals surface area (Å²) >= 11 is 0. The number of hydrogen-bond donors (Lipinski definition) is 1. The minimum absolute atomic E-state index is 0.0955. The largest absolute Gasteiger partial charge is 0.478 e.